The number of halogens is 4. The van der Waals surface area contributed by atoms with Crippen molar-refractivity contribution in [2.45, 2.75) is 12.6 Å². The Bertz CT molecular complexity index is 508. The molecule has 0 amide bonds. The van der Waals surface area contributed by atoms with Gasteiger partial charge < -0.3 is 15.5 Å². The van der Waals surface area contributed by atoms with Crippen molar-refractivity contribution >= 4 is 23.2 Å². The molecule has 1 fully saturated rings. The highest BCUT2D eigenvalue weighted by molar-refractivity contribution is 6.30. The Morgan fingerprint density at radius 3 is 2.27 bits per heavy atom. The van der Waals surface area contributed by atoms with Crippen molar-refractivity contribution in [1.82, 2.24) is 4.90 Å². The van der Waals surface area contributed by atoms with Crippen molar-refractivity contribution < 1.29 is 13.2 Å². The predicted molar refractivity (Wildman–Crippen MR) is 82.4 cm³/mol. The normalized spacial score (nSPS) is 17.0. The van der Waals surface area contributed by atoms with Gasteiger partial charge in [0.1, 0.15) is 0 Å². The van der Waals surface area contributed by atoms with E-state index in [0.717, 1.165) is 18.8 Å². The van der Waals surface area contributed by atoms with E-state index in [2.05, 4.69) is 9.89 Å². The van der Waals surface area contributed by atoms with Gasteiger partial charge in [0.15, 0.2) is 5.96 Å². The molecule has 0 spiro atoms. The van der Waals surface area contributed by atoms with Crippen LogP contribution in [0, 0.1) is 0 Å². The van der Waals surface area contributed by atoms with Gasteiger partial charge in [-0.2, -0.15) is 13.2 Å². The first kappa shape index (κ1) is 16.7. The Kier molecular flexibility index (Phi) is 5.39. The average molecular weight is 335 g/mol. The zero-order valence-electron chi connectivity index (χ0n) is 12.0. The van der Waals surface area contributed by atoms with Crippen LogP contribution in [0.1, 0.15) is 6.42 Å². The number of rotatable bonds is 3. The zero-order valence-corrected chi connectivity index (χ0v) is 12.7. The summed E-state index contributed by atoms with van der Waals surface area (Å²) in [6, 6.07) is 7.55. The summed E-state index contributed by atoms with van der Waals surface area (Å²) in [5, 5.41) is 0.684. The van der Waals surface area contributed by atoms with Gasteiger partial charge in [-0.05, 0) is 24.3 Å². The molecule has 2 rings (SSSR count). The van der Waals surface area contributed by atoms with Crippen molar-refractivity contribution in [2.75, 3.05) is 37.6 Å². The highest BCUT2D eigenvalue weighted by Crippen LogP contribution is 2.20. The summed E-state index contributed by atoms with van der Waals surface area (Å²) < 4.78 is 36.2. The average Bonchev–Trinajstić information content (AvgIpc) is 2.47. The Hall–Kier alpha value is -1.63. The van der Waals surface area contributed by atoms with Crippen molar-refractivity contribution in [2.24, 2.45) is 10.7 Å². The molecular weight excluding hydrogens is 317 g/mol. The molecule has 122 valence electrons. The maximum Gasteiger partial charge on any atom is 0.390 e. The molecule has 0 bridgehead atoms. The van der Waals surface area contributed by atoms with E-state index in [0.29, 0.717) is 18.1 Å². The van der Waals surface area contributed by atoms with Crippen molar-refractivity contribution in [1.29, 1.82) is 0 Å². The summed E-state index contributed by atoms with van der Waals surface area (Å²) in [7, 11) is 0. The number of piperazine rings is 1. The second-order valence-corrected chi connectivity index (χ2v) is 5.49. The largest absolute Gasteiger partial charge is 0.390 e. The number of anilines is 1. The molecule has 1 aliphatic rings. The molecular formula is C14H18ClF3N4. The SMILES string of the molecule is NC(=NCCC(F)(F)F)N1CCN(c2ccc(Cl)cc2)CC1. The molecule has 1 aliphatic heterocycles. The van der Waals surface area contributed by atoms with Crippen molar-refractivity contribution in [3.63, 3.8) is 0 Å². The number of benzene rings is 1. The van der Waals surface area contributed by atoms with E-state index >= 15 is 0 Å². The van der Waals surface area contributed by atoms with E-state index in [-0.39, 0.29) is 12.5 Å². The second-order valence-electron chi connectivity index (χ2n) is 5.06. The van der Waals surface area contributed by atoms with Gasteiger partial charge in [0.05, 0.1) is 13.0 Å². The molecule has 0 radical (unpaired) electrons. The number of guanidine groups is 1. The van der Waals surface area contributed by atoms with Crippen LogP contribution in [-0.2, 0) is 0 Å². The van der Waals surface area contributed by atoms with Gasteiger partial charge in [0.2, 0.25) is 0 Å². The number of alkyl halides is 3. The molecule has 8 heteroatoms. The van der Waals surface area contributed by atoms with Gasteiger partial charge in [-0.1, -0.05) is 11.6 Å². The maximum absolute atomic E-state index is 12.1. The minimum absolute atomic E-state index is 0.181. The summed E-state index contributed by atoms with van der Waals surface area (Å²) in [6.07, 6.45) is -5.14. The van der Waals surface area contributed by atoms with Crippen LogP contribution in [-0.4, -0.2) is 49.8 Å². The fourth-order valence-corrected chi connectivity index (χ4v) is 2.37. The van der Waals surface area contributed by atoms with Crippen molar-refractivity contribution in [3.8, 4) is 0 Å². The first-order chi connectivity index (χ1) is 10.3. The third kappa shape index (κ3) is 4.98. The molecule has 0 aromatic heterocycles. The summed E-state index contributed by atoms with van der Waals surface area (Å²) in [4.78, 5) is 7.79. The Morgan fingerprint density at radius 2 is 1.73 bits per heavy atom. The molecule has 22 heavy (non-hydrogen) atoms. The minimum atomic E-state index is -4.20. The van der Waals surface area contributed by atoms with Crippen LogP contribution in [0.15, 0.2) is 29.3 Å². The van der Waals surface area contributed by atoms with Crippen LogP contribution >= 0.6 is 11.6 Å². The smallest absolute Gasteiger partial charge is 0.370 e. The molecule has 1 heterocycles. The molecule has 0 saturated carbocycles. The first-order valence-electron chi connectivity index (χ1n) is 6.97. The van der Waals surface area contributed by atoms with Crippen LogP contribution in [0.4, 0.5) is 18.9 Å². The number of aliphatic imine (C=N–C) groups is 1. The van der Waals surface area contributed by atoms with Gasteiger partial charge >= 0.3 is 6.18 Å². The highest BCUT2D eigenvalue weighted by Gasteiger charge is 2.26. The zero-order chi connectivity index (χ0) is 16.2. The molecule has 1 saturated heterocycles. The molecule has 2 N–H and O–H groups in total. The van der Waals surface area contributed by atoms with E-state index in [1.807, 2.05) is 29.2 Å². The number of nitrogens with zero attached hydrogens (tertiary/aromatic N) is 3. The third-order valence-corrected chi connectivity index (χ3v) is 3.72. The summed E-state index contributed by atoms with van der Waals surface area (Å²) in [5.41, 5.74) is 6.82. The fraction of sp³-hybridized carbons (Fsp3) is 0.500. The van der Waals surface area contributed by atoms with Crippen LogP contribution < -0.4 is 10.6 Å². The highest BCUT2D eigenvalue weighted by atomic mass is 35.5. The van der Waals surface area contributed by atoms with Crippen LogP contribution in [0.5, 0.6) is 0 Å². The van der Waals surface area contributed by atoms with Gasteiger partial charge in [-0.3, -0.25) is 4.99 Å². The standard InChI is InChI=1S/C14H18ClF3N4/c15-11-1-3-12(4-2-11)21-7-9-22(10-8-21)13(19)20-6-5-14(16,17)18/h1-4H,5-10H2,(H2,19,20). The minimum Gasteiger partial charge on any atom is -0.370 e. The lowest BCUT2D eigenvalue weighted by Gasteiger charge is -2.36. The van der Waals surface area contributed by atoms with E-state index < -0.39 is 12.6 Å². The molecule has 4 nitrogen and oxygen atoms in total. The Morgan fingerprint density at radius 1 is 1.14 bits per heavy atom. The summed E-state index contributed by atoms with van der Waals surface area (Å²) in [6.45, 7) is 2.40. The first-order valence-corrected chi connectivity index (χ1v) is 7.35. The summed E-state index contributed by atoms with van der Waals surface area (Å²) in [5.74, 6) is 0.181. The topological polar surface area (TPSA) is 44.9 Å². The molecule has 1 aromatic carbocycles. The Balaban J connectivity index is 1.83. The fourth-order valence-electron chi connectivity index (χ4n) is 2.24. The Labute approximate surface area is 132 Å². The lowest BCUT2D eigenvalue weighted by Crippen LogP contribution is -2.51. The number of hydrogen-bond acceptors (Lipinski definition) is 2. The van der Waals surface area contributed by atoms with E-state index in [9.17, 15) is 13.2 Å². The number of nitrogens with two attached hydrogens (primary N) is 1. The number of hydrogen-bond donors (Lipinski definition) is 1. The van der Waals surface area contributed by atoms with Crippen molar-refractivity contribution in [3.05, 3.63) is 29.3 Å². The van der Waals surface area contributed by atoms with E-state index in [1.54, 1.807) is 0 Å². The molecule has 0 atom stereocenters. The molecule has 1 aromatic rings. The van der Waals surface area contributed by atoms with E-state index in [4.69, 9.17) is 17.3 Å². The lowest BCUT2D eigenvalue weighted by molar-refractivity contribution is -0.132. The van der Waals surface area contributed by atoms with Gasteiger partial charge in [-0.25, -0.2) is 0 Å². The van der Waals surface area contributed by atoms with Gasteiger partial charge in [0.25, 0.3) is 0 Å². The van der Waals surface area contributed by atoms with Crippen LogP contribution in [0.3, 0.4) is 0 Å². The molecule has 0 unspecified atom stereocenters. The quantitative estimate of drug-likeness (QED) is 0.683. The van der Waals surface area contributed by atoms with Crippen LogP contribution in [0.2, 0.25) is 5.02 Å². The van der Waals surface area contributed by atoms with Gasteiger partial charge in [0, 0.05) is 36.9 Å². The second kappa shape index (κ2) is 7.09. The maximum atomic E-state index is 12.1. The third-order valence-electron chi connectivity index (χ3n) is 3.46. The summed E-state index contributed by atoms with van der Waals surface area (Å²) >= 11 is 5.86. The lowest BCUT2D eigenvalue weighted by atomic mass is 10.2. The van der Waals surface area contributed by atoms with E-state index in [1.165, 1.54) is 0 Å². The van der Waals surface area contributed by atoms with Crippen LogP contribution in [0.25, 0.3) is 0 Å². The monoisotopic (exact) mass is 334 g/mol. The predicted octanol–water partition coefficient (Wildman–Crippen LogP) is 2.73. The van der Waals surface area contributed by atoms with Gasteiger partial charge in [-0.15, -0.1) is 0 Å². The molecule has 0 aliphatic carbocycles.